The van der Waals surface area contributed by atoms with Crippen molar-refractivity contribution < 1.29 is 9.53 Å². The summed E-state index contributed by atoms with van der Waals surface area (Å²) < 4.78 is 7.98. The molecule has 0 unspecified atom stereocenters. The van der Waals surface area contributed by atoms with Crippen LogP contribution in [0.15, 0.2) is 65.8 Å². The molecule has 0 saturated carbocycles. The van der Waals surface area contributed by atoms with Gasteiger partial charge in [0, 0.05) is 12.1 Å². The quantitative estimate of drug-likeness (QED) is 0.462. The average molecular weight is 451 g/mol. The van der Waals surface area contributed by atoms with Crippen LogP contribution in [-0.2, 0) is 17.9 Å². The summed E-state index contributed by atoms with van der Waals surface area (Å²) in [6.45, 7) is 5.25. The average Bonchev–Trinajstić information content (AvgIpc) is 3.19. The van der Waals surface area contributed by atoms with Crippen LogP contribution in [-0.4, -0.2) is 43.4 Å². The van der Waals surface area contributed by atoms with E-state index in [1.807, 2.05) is 53.4 Å². The third-order valence-electron chi connectivity index (χ3n) is 5.89. The fraction of sp³-hybridized carbons (Fsp3) is 0.400. The van der Waals surface area contributed by atoms with Crippen LogP contribution in [0.25, 0.3) is 0 Å². The Balaban J connectivity index is 1.49. The molecule has 1 aromatic heterocycles. The van der Waals surface area contributed by atoms with Crippen molar-refractivity contribution in [1.82, 2.24) is 19.7 Å². The molecule has 4 rings (SSSR count). The predicted molar refractivity (Wildman–Crippen MR) is 127 cm³/mol. The first-order chi connectivity index (χ1) is 15.6. The Morgan fingerprint density at radius 1 is 1.00 bits per heavy atom. The van der Waals surface area contributed by atoms with Gasteiger partial charge in [-0.15, -0.1) is 10.2 Å². The van der Waals surface area contributed by atoms with E-state index in [2.05, 4.69) is 40.7 Å². The first-order valence-corrected chi connectivity index (χ1v) is 12.2. The van der Waals surface area contributed by atoms with Gasteiger partial charge in [-0.3, -0.25) is 9.36 Å². The predicted octanol–water partition coefficient (Wildman–Crippen LogP) is 4.79. The van der Waals surface area contributed by atoms with Crippen molar-refractivity contribution in [2.45, 2.75) is 63.5 Å². The van der Waals surface area contributed by atoms with E-state index in [-0.39, 0.29) is 5.91 Å². The molecule has 1 fully saturated rings. The monoisotopic (exact) mass is 450 g/mol. The van der Waals surface area contributed by atoms with Gasteiger partial charge in [0.15, 0.2) is 11.0 Å². The summed E-state index contributed by atoms with van der Waals surface area (Å²) in [5.41, 5.74) is 1.15. The minimum absolute atomic E-state index is 0.172. The van der Waals surface area contributed by atoms with Gasteiger partial charge in [-0.1, -0.05) is 60.3 Å². The second-order valence-corrected chi connectivity index (χ2v) is 9.23. The summed E-state index contributed by atoms with van der Waals surface area (Å²) in [7, 11) is 0. The molecule has 2 heterocycles. The van der Waals surface area contributed by atoms with Gasteiger partial charge in [0.05, 0.1) is 12.3 Å². The highest BCUT2D eigenvalue weighted by molar-refractivity contribution is 7.99. The molecule has 2 atom stereocenters. The van der Waals surface area contributed by atoms with Crippen LogP contribution in [0.3, 0.4) is 0 Å². The van der Waals surface area contributed by atoms with Gasteiger partial charge >= 0.3 is 0 Å². The van der Waals surface area contributed by atoms with Crippen LogP contribution in [0.5, 0.6) is 5.75 Å². The maximum atomic E-state index is 13.0. The fourth-order valence-corrected chi connectivity index (χ4v) is 5.06. The third-order valence-corrected chi connectivity index (χ3v) is 6.85. The van der Waals surface area contributed by atoms with E-state index < -0.39 is 0 Å². The lowest BCUT2D eigenvalue weighted by atomic mass is 9.98. The second kappa shape index (κ2) is 10.7. The molecule has 3 aromatic rings. The summed E-state index contributed by atoms with van der Waals surface area (Å²) in [5, 5.41) is 9.54. The molecule has 0 radical (unpaired) electrons. The molecule has 0 spiro atoms. The van der Waals surface area contributed by atoms with Crippen LogP contribution in [0, 0.1) is 0 Å². The Morgan fingerprint density at radius 3 is 2.34 bits per heavy atom. The zero-order chi connectivity index (χ0) is 22.3. The topological polar surface area (TPSA) is 60.3 Å². The number of benzene rings is 2. The lowest BCUT2D eigenvalue weighted by molar-refractivity contribution is -0.134. The molecule has 1 saturated heterocycles. The zero-order valence-electron chi connectivity index (χ0n) is 18.7. The first kappa shape index (κ1) is 22.4. The summed E-state index contributed by atoms with van der Waals surface area (Å²) in [4.78, 5) is 15.1. The molecule has 0 N–H and O–H groups in total. The van der Waals surface area contributed by atoms with Crippen molar-refractivity contribution in [3.05, 3.63) is 72.1 Å². The Kier molecular flexibility index (Phi) is 7.47. The van der Waals surface area contributed by atoms with Gasteiger partial charge in [-0.25, -0.2) is 0 Å². The maximum Gasteiger partial charge on any atom is 0.233 e. The molecule has 0 aliphatic carbocycles. The number of ether oxygens (including phenoxy) is 1. The Morgan fingerprint density at radius 2 is 1.66 bits per heavy atom. The minimum atomic E-state index is 0.172. The van der Waals surface area contributed by atoms with Crippen molar-refractivity contribution >= 4 is 17.7 Å². The normalized spacial score (nSPS) is 18.5. The van der Waals surface area contributed by atoms with Crippen molar-refractivity contribution in [1.29, 1.82) is 0 Å². The molecule has 7 heteroatoms. The highest BCUT2D eigenvalue weighted by atomic mass is 32.2. The standard InChI is InChI=1S/C25H30N4O2S/c1-19-10-9-11-20(2)29(19)24(30)18-32-25-27-26-23(17-31-22-14-7-4-8-15-22)28(25)16-21-12-5-3-6-13-21/h3-8,12-15,19-20H,9-11,16-18H2,1-2H3/t19-,20-/m1/s1. The minimum Gasteiger partial charge on any atom is -0.486 e. The number of likely N-dealkylation sites (tertiary alicyclic amines) is 1. The Labute approximate surface area is 194 Å². The molecule has 2 aromatic carbocycles. The summed E-state index contributed by atoms with van der Waals surface area (Å²) in [6, 6.07) is 20.5. The molecule has 1 aliphatic heterocycles. The zero-order valence-corrected chi connectivity index (χ0v) is 19.5. The SMILES string of the molecule is C[C@@H]1CCC[C@@H](C)N1C(=O)CSc1nnc(COc2ccccc2)n1Cc1ccccc1. The number of nitrogens with zero attached hydrogens (tertiary/aromatic N) is 4. The molecular formula is C25H30N4O2S. The molecule has 168 valence electrons. The molecule has 0 bridgehead atoms. The van der Waals surface area contributed by atoms with E-state index in [9.17, 15) is 4.79 Å². The van der Waals surface area contributed by atoms with E-state index in [1.165, 1.54) is 18.2 Å². The van der Waals surface area contributed by atoms with Gasteiger partial charge in [0.25, 0.3) is 0 Å². The van der Waals surface area contributed by atoms with E-state index in [0.717, 1.165) is 35.1 Å². The number of carbonyl (C=O) groups excluding carboxylic acids is 1. The number of hydrogen-bond donors (Lipinski definition) is 0. The van der Waals surface area contributed by atoms with Crippen LogP contribution < -0.4 is 4.74 Å². The third kappa shape index (κ3) is 5.51. The second-order valence-electron chi connectivity index (χ2n) is 8.29. The fourth-order valence-electron chi connectivity index (χ4n) is 4.24. The van der Waals surface area contributed by atoms with Crippen molar-refractivity contribution in [2.75, 3.05) is 5.75 Å². The largest absolute Gasteiger partial charge is 0.486 e. The van der Waals surface area contributed by atoms with Gasteiger partial charge in [0.1, 0.15) is 12.4 Å². The van der Waals surface area contributed by atoms with Crippen molar-refractivity contribution in [3.8, 4) is 5.75 Å². The van der Waals surface area contributed by atoms with E-state index >= 15 is 0 Å². The maximum absolute atomic E-state index is 13.0. The molecule has 1 amide bonds. The van der Waals surface area contributed by atoms with Crippen LogP contribution in [0.4, 0.5) is 0 Å². The van der Waals surface area contributed by atoms with Gasteiger partial charge < -0.3 is 9.64 Å². The van der Waals surface area contributed by atoms with E-state index in [4.69, 9.17) is 4.74 Å². The lowest BCUT2D eigenvalue weighted by Gasteiger charge is -2.39. The van der Waals surface area contributed by atoms with E-state index in [1.54, 1.807) is 0 Å². The molecule has 32 heavy (non-hydrogen) atoms. The van der Waals surface area contributed by atoms with Crippen LogP contribution in [0.2, 0.25) is 0 Å². The van der Waals surface area contributed by atoms with Crippen LogP contribution in [0.1, 0.15) is 44.5 Å². The molecular weight excluding hydrogens is 420 g/mol. The van der Waals surface area contributed by atoms with Gasteiger partial charge in [-0.2, -0.15) is 0 Å². The first-order valence-electron chi connectivity index (χ1n) is 11.2. The smallest absolute Gasteiger partial charge is 0.233 e. The van der Waals surface area contributed by atoms with Gasteiger partial charge in [-0.05, 0) is 50.8 Å². The van der Waals surface area contributed by atoms with Gasteiger partial charge in [0.2, 0.25) is 5.91 Å². The number of hydrogen-bond acceptors (Lipinski definition) is 5. The van der Waals surface area contributed by atoms with Crippen molar-refractivity contribution in [3.63, 3.8) is 0 Å². The number of thioether (sulfide) groups is 1. The number of amides is 1. The summed E-state index contributed by atoms with van der Waals surface area (Å²) >= 11 is 1.46. The van der Waals surface area contributed by atoms with E-state index in [0.29, 0.717) is 31.0 Å². The highest BCUT2D eigenvalue weighted by Gasteiger charge is 2.29. The number of rotatable bonds is 8. The number of para-hydroxylation sites is 1. The summed E-state index contributed by atoms with van der Waals surface area (Å²) in [6.07, 6.45) is 3.34. The summed E-state index contributed by atoms with van der Waals surface area (Å²) in [5.74, 6) is 2.07. The highest BCUT2D eigenvalue weighted by Crippen LogP contribution is 2.26. The molecule has 1 aliphatic rings. The number of piperidine rings is 1. The Hall–Kier alpha value is -2.80. The van der Waals surface area contributed by atoms with Crippen LogP contribution >= 0.6 is 11.8 Å². The number of aromatic nitrogens is 3. The van der Waals surface area contributed by atoms with Crippen molar-refractivity contribution in [2.24, 2.45) is 0 Å². The number of carbonyl (C=O) groups is 1. The Bertz CT molecular complexity index is 999. The molecule has 6 nitrogen and oxygen atoms in total. The lowest BCUT2D eigenvalue weighted by Crippen LogP contribution is -2.48.